The highest BCUT2D eigenvalue weighted by molar-refractivity contribution is 5.80. The summed E-state index contributed by atoms with van der Waals surface area (Å²) in [5.74, 6) is -0.453. The van der Waals surface area contributed by atoms with E-state index in [2.05, 4.69) is 29.6 Å². The van der Waals surface area contributed by atoms with Crippen molar-refractivity contribution in [2.24, 2.45) is 11.8 Å². The van der Waals surface area contributed by atoms with Gasteiger partial charge in [-0.15, -0.1) is 0 Å². The summed E-state index contributed by atoms with van der Waals surface area (Å²) in [6, 6.07) is 16.4. The number of carbonyl (C=O) groups is 3. The maximum atomic E-state index is 12.5. The van der Waals surface area contributed by atoms with Gasteiger partial charge in [-0.1, -0.05) is 55.5 Å². The summed E-state index contributed by atoms with van der Waals surface area (Å²) < 4.78 is 5.54. The fourth-order valence-electron chi connectivity index (χ4n) is 4.95. The molecule has 2 aromatic rings. The largest absolute Gasteiger partial charge is 0.481 e. The number of carbonyl (C=O) groups excluding carboxylic acids is 2. The van der Waals surface area contributed by atoms with Gasteiger partial charge >= 0.3 is 12.1 Å². The van der Waals surface area contributed by atoms with Crippen LogP contribution >= 0.6 is 0 Å². The fraction of sp³-hybridized carbons (Fsp3) is 0.444. The number of likely N-dealkylation sites (tertiary alicyclic amines) is 1. The van der Waals surface area contributed by atoms with Crippen molar-refractivity contribution < 1.29 is 24.2 Å². The van der Waals surface area contributed by atoms with Crippen LogP contribution in [0.15, 0.2) is 48.5 Å². The third-order valence-electron chi connectivity index (χ3n) is 6.88. The topological polar surface area (TPSA) is 95.9 Å². The van der Waals surface area contributed by atoms with Gasteiger partial charge in [0.25, 0.3) is 0 Å². The fourth-order valence-corrected chi connectivity index (χ4v) is 4.95. The zero-order valence-electron chi connectivity index (χ0n) is 19.5. The SMILES string of the molecule is CC(CCNC(=O)OCC1c2ccccc2-c2ccccc21)C(=O)N1CC(CCCC(=O)O)C1. The zero-order valence-corrected chi connectivity index (χ0v) is 19.5. The van der Waals surface area contributed by atoms with Crippen molar-refractivity contribution in [3.8, 4) is 11.1 Å². The second-order valence-corrected chi connectivity index (χ2v) is 9.34. The monoisotopic (exact) mass is 464 g/mol. The molecule has 0 spiro atoms. The van der Waals surface area contributed by atoms with Gasteiger partial charge in [-0.25, -0.2) is 4.79 Å². The van der Waals surface area contributed by atoms with E-state index < -0.39 is 12.1 Å². The van der Waals surface area contributed by atoms with Crippen LogP contribution < -0.4 is 5.32 Å². The van der Waals surface area contributed by atoms with Gasteiger partial charge in [0, 0.05) is 37.9 Å². The molecule has 1 heterocycles. The van der Waals surface area contributed by atoms with Gasteiger partial charge in [-0.3, -0.25) is 9.59 Å². The summed E-state index contributed by atoms with van der Waals surface area (Å²) >= 11 is 0. The molecule has 1 aliphatic carbocycles. The Morgan fingerprint density at radius 3 is 2.29 bits per heavy atom. The lowest BCUT2D eigenvalue weighted by Crippen LogP contribution is -2.51. The number of nitrogens with zero attached hydrogens (tertiary/aromatic N) is 1. The van der Waals surface area contributed by atoms with E-state index in [0.717, 1.165) is 6.42 Å². The summed E-state index contributed by atoms with van der Waals surface area (Å²) in [5, 5.41) is 11.5. The first-order chi connectivity index (χ1) is 16.4. The van der Waals surface area contributed by atoms with Gasteiger partial charge in [0.1, 0.15) is 6.61 Å². The van der Waals surface area contributed by atoms with Gasteiger partial charge in [-0.2, -0.15) is 0 Å². The molecule has 0 radical (unpaired) electrons. The minimum Gasteiger partial charge on any atom is -0.481 e. The number of amides is 2. The Morgan fingerprint density at radius 1 is 1.06 bits per heavy atom. The highest BCUT2D eigenvalue weighted by Gasteiger charge is 2.32. The number of fused-ring (bicyclic) bond motifs is 3. The average molecular weight is 465 g/mol. The summed E-state index contributed by atoms with van der Waals surface area (Å²) in [6.07, 6.45) is 1.75. The number of alkyl carbamates (subject to hydrolysis) is 1. The first-order valence-corrected chi connectivity index (χ1v) is 12.0. The van der Waals surface area contributed by atoms with Crippen molar-refractivity contribution in [3.63, 3.8) is 0 Å². The summed E-state index contributed by atoms with van der Waals surface area (Å²) in [6.45, 7) is 3.91. The molecule has 0 saturated carbocycles. The van der Waals surface area contributed by atoms with Crippen molar-refractivity contribution >= 4 is 18.0 Å². The Morgan fingerprint density at radius 2 is 1.68 bits per heavy atom. The molecule has 7 nitrogen and oxygen atoms in total. The molecule has 1 atom stereocenters. The molecule has 1 unspecified atom stereocenters. The molecule has 2 N–H and O–H groups in total. The van der Waals surface area contributed by atoms with Crippen LogP contribution in [-0.4, -0.2) is 54.2 Å². The minimum absolute atomic E-state index is 0.0218. The molecule has 4 rings (SSSR count). The van der Waals surface area contributed by atoms with Gasteiger partial charge < -0.3 is 20.1 Å². The van der Waals surface area contributed by atoms with Crippen LogP contribution in [0.5, 0.6) is 0 Å². The minimum atomic E-state index is -0.773. The Kier molecular flexibility index (Phi) is 7.50. The number of carboxylic acids is 1. The summed E-state index contributed by atoms with van der Waals surface area (Å²) in [4.78, 5) is 37.3. The number of carboxylic acid groups (broad SMARTS) is 1. The number of hydrogen-bond donors (Lipinski definition) is 2. The number of benzene rings is 2. The predicted octanol–water partition coefficient (Wildman–Crippen LogP) is 4.26. The molecule has 180 valence electrons. The van der Waals surface area contributed by atoms with Crippen LogP contribution in [0.1, 0.15) is 49.7 Å². The van der Waals surface area contributed by atoms with Crippen LogP contribution in [0.2, 0.25) is 0 Å². The van der Waals surface area contributed by atoms with E-state index in [1.54, 1.807) is 0 Å². The molecule has 0 bridgehead atoms. The number of rotatable bonds is 10. The van der Waals surface area contributed by atoms with E-state index in [1.165, 1.54) is 22.3 Å². The predicted molar refractivity (Wildman–Crippen MR) is 128 cm³/mol. The van der Waals surface area contributed by atoms with E-state index in [1.807, 2.05) is 36.1 Å². The molecule has 1 fully saturated rings. The van der Waals surface area contributed by atoms with E-state index >= 15 is 0 Å². The smallest absolute Gasteiger partial charge is 0.407 e. The standard InChI is InChI=1S/C27H32N2O5/c1-18(26(32)29-15-19(16-29)7-6-12-25(30)31)13-14-28-27(33)34-17-24-22-10-4-2-8-20(22)21-9-3-5-11-23(21)24/h2-5,8-11,18-19,24H,6-7,12-17H2,1H3,(H,28,33)(H,30,31). The second-order valence-electron chi connectivity index (χ2n) is 9.34. The third-order valence-corrected chi connectivity index (χ3v) is 6.88. The number of aliphatic carboxylic acids is 1. The van der Waals surface area contributed by atoms with Crippen LogP contribution in [-0.2, 0) is 14.3 Å². The maximum Gasteiger partial charge on any atom is 0.407 e. The molecule has 2 aromatic carbocycles. The van der Waals surface area contributed by atoms with E-state index in [0.29, 0.717) is 38.4 Å². The number of nitrogens with one attached hydrogen (secondary N) is 1. The van der Waals surface area contributed by atoms with Crippen molar-refractivity contribution in [3.05, 3.63) is 59.7 Å². The first kappa shape index (κ1) is 23.8. The van der Waals surface area contributed by atoms with Crippen LogP contribution in [0.25, 0.3) is 11.1 Å². The maximum absolute atomic E-state index is 12.5. The normalized spacial score (nSPS) is 15.7. The van der Waals surface area contributed by atoms with Gasteiger partial charge in [0.2, 0.25) is 5.91 Å². The van der Waals surface area contributed by atoms with Gasteiger partial charge in [-0.05, 0) is 47.4 Å². The lowest BCUT2D eigenvalue weighted by Gasteiger charge is -2.40. The van der Waals surface area contributed by atoms with Crippen molar-refractivity contribution in [1.82, 2.24) is 10.2 Å². The molecular weight excluding hydrogens is 432 g/mol. The highest BCUT2D eigenvalue weighted by atomic mass is 16.5. The zero-order chi connectivity index (χ0) is 24.1. The van der Waals surface area contributed by atoms with Crippen LogP contribution in [0.4, 0.5) is 4.79 Å². The quantitative estimate of drug-likeness (QED) is 0.548. The molecule has 1 saturated heterocycles. The molecule has 0 aromatic heterocycles. The third kappa shape index (κ3) is 5.41. The molecule has 34 heavy (non-hydrogen) atoms. The second kappa shape index (κ2) is 10.7. The van der Waals surface area contributed by atoms with Crippen molar-refractivity contribution in [1.29, 1.82) is 0 Å². The summed E-state index contributed by atoms with van der Waals surface area (Å²) in [7, 11) is 0. The van der Waals surface area contributed by atoms with Gasteiger partial charge in [0.05, 0.1) is 0 Å². The molecule has 1 aliphatic heterocycles. The Balaban J connectivity index is 1.16. The lowest BCUT2D eigenvalue weighted by molar-refractivity contribution is -0.142. The number of ether oxygens (including phenoxy) is 1. The van der Waals surface area contributed by atoms with Gasteiger partial charge in [0.15, 0.2) is 0 Å². The average Bonchev–Trinajstić information content (AvgIpc) is 3.12. The van der Waals surface area contributed by atoms with Crippen molar-refractivity contribution in [2.75, 3.05) is 26.2 Å². The lowest BCUT2D eigenvalue weighted by atomic mass is 9.92. The Bertz CT molecular complexity index is 1000. The Hall–Kier alpha value is -3.35. The Labute approximate surface area is 200 Å². The van der Waals surface area contributed by atoms with Crippen LogP contribution in [0.3, 0.4) is 0 Å². The molecule has 7 heteroatoms. The van der Waals surface area contributed by atoms with E-state index in [-0.39, 0.29) is 30.8 Å². The van der Waals surface area contributed by atoms with E-state index in [4.69, 9.17) is 9.84 Å². The van der Waals surface area contributed by atoms with E-state index in [9.17, 15) is 14.4 Å². The molecular formula is C27H32N2O5. The van der Waals surface area contributed by atoms with Crippen LogP contribution in [0, 0.1) is 11.8 Å². The summed E-state index contributed by atoms with van der Waals surface area (Å²) in [5.41, 5.74) is 4.72. The highest BCUT2D eigenvalue weighted by Crippen LogP contribution is 2.44. The molecule has 2 aliphatic rings. The number of hydrogen-bond acceptors (Lipinski definition) is 4. The molecule has 2 amide bonds. The van der Waals surface area contributed by atoms with Crippen molar-refractivity contribution in [2.45, 2.75) is 38.5 Å². The first-order valence-electron chi connectivity index (χ1n) is 12.0.